The van der Waals surface area contributed by atoms with E-state index >= 15 is 0 Å². The summed E-state index contributed by atoms with van der Waals surface area (Å²) in [6, 6.07) is 5.99. The molecule has 1 aromatic carbocycles. The van der Waals surface area contributed by atoms with Gasteiger partial charge in [-0.05, 0) is 59.6 Å². The Labute approximate surface area is 178 Å². The standard InChI is InChI=1S/C19H18BrF2N3O3S/c1-3-24(9-12-5-7-15(20)29-12)16(26)10-25-17(27)19(2,23-18(25)28)11-4-6-13(21)14(22)8-11/h4-8H,3,9-10H2,1-2H3,(H,23,28). The third-order valence-corrected chi connectivity index (χ3v) is 6.38. The molecule has 10 heteroatoms. The van der Waals surface area contributed by atoms with E-state index in [4.69, 9.17) is 0 Å². The van der Waals surface area contributed by atoms with E-state index in [-0.39, 0.29) is 5.56 Å². The lowest BCUT2D eigenvalue weighted by Gasteiger charge is -2.24. The number of imide groups is 1. The maximum absolute atomic E-state index is 13.6. The van der Waals surface area contributed by atoms with Crippen LogP contribution in [0.2, 0.25) is 0 Å². The number of halogens is 3. The second-order valence-corrected chi connectivity index (χ2v) is 9.24. The van der Waals surface area contributed by atoms with Gasteiger partial charge in [-0.25, -0.2) is 13.6 Å². The van der Waals surface area contributed by atoms with Gasteiger partial charge in [-0.3, -0.25) is 14.5 Å². The molecule has 0 bridgehead atoms. The van der Waals surface area contributed by atoms with Gasteiger partial charge in [0.2, 0.25) is 5.91 Å². The van der Waals surface area contributed by atoms with Crippen LogP contribution in [0.1, 0.15) is 24.3 Å². The van der Waals surface area contributed by atoms with Crippen LogP contribution in [-0.4, -0.2) is 40.7 Å². The number of hydrogen-bond donors (Lipinski definition) is 1. The van der Waals surface area contributed by atoms with Crippen LogP contribution < -0.4 is 5.32 Å². The molecule has 6 nitrogen and oxygen atoms in total. The first-order valence-corrected chi connectivity index (χ1v) is 10.4. The van der Waals surface area contributed by atoms with Crippen LogP contribution >= 0.6 is 27.3 Å². The number of benzene rings is 1. The zero-order valence-electron chi connectivity index (χ0n) is 15.7. The van der Waals surface area contributed by atoms with Crippen molar-refractivity contribution in [3.8, 4) is 0 Å². The minimum atomic E-state index is -1.58. The molecule has 1 N–H and O–H groups in total. The molecule has 1 fully saturated rings. The van der Waals surface area contributed by atoms with Gasteiger partial charge in [-0.2, -0.15) is 0 Å². The average molecular weight is 486 g/mol. The fourth-order valence-electron chi connectivity index (χ4n) is 3.08. The summed E-state index contributed by atoms with van der Waals surface area (Å²) < 4.78 is 27.8. The molecule has 1 atom stereocenters. The Morgan fingerprint density at radius 3 is 2.55 bits per heavy atom. The number of urea groups is 1. The molecule has 1 aromatic heterocycles. The second-order valence-electron chi connectivity index (χ2n) is 6.69. The summed E-state index contributed by atoms with van der Waals surface area (Å²) in [6.45, 7) is 3.52. The first-order chi connectivity index (χ1) is 13.7. The second kappa shape index (κ2) is 8.19. The average Bonchev–Trinajstić information content (AvgIpc) is 3.18. The van der Waals surface area contributed by atoms with E-state index in [2.05, 4.69) is 21.2 Å². The topological polar surface area (TPSA) is 69.7 Å². The summed E-state index contributed by atoms with van der Waals surface area (Å²) in [7, 11) is 0. The lowest BCUT2D eigenvalue weighted by Crippen LogP contribution is -2.44. The molecule has 2 heterocycles. The van der Waals surface area contributed by atoms with E-state index in [1.54, 1.807) is 6.92 Å². The van der Waals surface area contributed by atoms with E-state index in [0.717, 1.165) is 25.7 Å². The summed E-state index contributed by atoms with van der Waals surface area (Å²) >= 11 is 4.86. The molecule has 0 aliphatic carbocycles. The molecule has 1 saturated heterocycles. The molecule has 1 unspecified atom stereocenters. The maximum Gasteiger partial charge on any atom is 0.325 e. The third kappa shape index (κ3) is 4.18. The number of amides is 4. The summed E-state index contributed by atoms with van der Waals surface area (Å²) in [5, 5.41) is 2.48. The number of nitrogens with zero attached hydrogens (tertiary/aromatic N) is 2. The zero-order chi connectivity index (χ0) is 21.3. The monoisotopic (exact) mass is 485 g/mol. The van der Waals surface area contributed by atoms with Gasteiger partial charge in [0.05, 0.1) is 10.3 Å². The van der Waals surface area contributed by atoms with Crippen molar-refractivity contribution in [3.05, 3.63) is 56.2 Å². The SMILES string of the molecule is CCN(Cc1ccc(Br)s1)C(=O)CN1C(=O)NC(C)(c2ccc(F)c(F)c2)C1=O. The Morgan fingerprint density at radius 1 is 1.24 bits per heavy atom. The highest BCUT2D eigenvalue weighted by Crippen LogP contribution is 2.30. The first-order valence-electron chi connectivity index (χ1n) is 8.77. The fraction of sp³-hybridized carbons (Fsp3) is 0.316. The summed E-state index contributed by atoms with van der Waals surface area (Å²) in [6.07, 6.45) is 0. The van der Waals surface area contributed by atoms with E-state index in [0.29, 0.717) is 13.1 Å². The van der Waals surface area contributed by atoms with Gasteiger partial charge in [-0.15, -0.1) is 11.3 Å². The molecule has 1 aliphatic rings. The number of likely N-dealkylation sites (N-methyl/N-ethyl adjacent to an activating group) is 1. The Bertz CT molecular complexity index is 983. The molecular formula is C19H18BrF2N3O3S. The van der Waals surface area contributed by atoms with Crippen molar-refractivity contribution in [1.82, 2.24) is 15.1 Å². The van der Waals surface area contributed by atoms with Crippen molar-refractivity contribution in [2.75, 3.05) is 13.1 Å². The predicted octanol–water partition coefficient (Wildman–Crippen LogP) is 3.60. The van der Waals surface area contributed by atoms with Gasteiger partial charge in [0.15, 0.2) is 11.6 Å². The largest absolute Gasteiger partial charge is 0.336 e. The zero-order valence-corrected chi connectivity index (χ0v) is 18.1. The Morgan fingerprint density at radius 2 is 1.97 bits per heavy atom. The first kappa shape index (κ1) is 21.4. The van der Waals surface area contributed by atoms with Crippen LogP contribution in [0.3, 0.4) is 0 Å². The van der Waals surface area contributed by atoms with Crippen LogP contribution in [0.15, 0.2) is 34.1 Å². The lowest BCUT2D eigenvalue weighted by molar-refractivity contribution is -0.139. The molecular weight excluding hydrogens is 468 g/mol. The normalized spacial score (nSPS) is 18.9. The highest BCUT2D eigenvalue weighted by molar-refractivity contribution is 9.11. The quantitative estimate of drug-likeness (QED) is 0.635. The number of hydrogen-bond acceptors (Lipinski definition) is 4. The Kier molecular flexibility index (Phi) is 6.04. The molecule has 2 aromatic rings. The van der Waals surface area contributed by atoms with Gasteiger partial charge in [-0.1, -0.05) is 6.07 Å². The van der Waals surface area contributed by atoms with Gasteiger partial charge in [0.1, 0.15) is 12.1 Å². The molecule has 0 spiro atoms. The van der Waals surface area contributed by atoms with E-state index < -0.39 is 41.6 Å². The van der Waals surface area contributed by atoms with E-state index in [1.807, 2.05) is 12.1 Å². The molecule has 4 amide bonds. The number of thiophene rings is 1. The predicted molar refractivity (Wildman–Crippen MR) is 107 cm³/mol. The van der Waals surface area contributed by atoms with Gasteiger partial charge >= 0.3 is 6.03 Å². The van der Waals surface area contributed by atoms with Crippen LogP contribution in [0.25, 0.3) is 0 Å². The number of carbonyl (C=O) groups is 3. The molecule has 3 rings (SSSR count). The Balaban J connectivity index is 1.76. The van der Waals surface area contributed by atoms with Crippen molar-refractivity contribution in [3.63, 3.8) is 0 Å². The molecule has 0 saturated carbocycles. The van der Waals surface area contributed by atoms with Crippen LogP contribution in [-0.2, 0) is 21.7 Å². The van der Waals surface area contributed by atoms with Gasteiger partial charge in [0, 0.05) is 11.4 Å². The molecule has 0 radical (unpaired) electrons. The number of nitrogens with one attached hydrogen (secondary N) is 1. The molecule has 1 aliphatic heterocycles. The summed E-state index contributed by atoms with van der Waals surface area (Å²) in [5.41, 5.74) is -1.48. The maximum atomic E-state index is 13.6. The molecule has 29 heavy (non-hydrogen) atoms. The molecule has 154 valence electrons. The third-order valence-electron chi connectivity index (χ3n) is 4.78. The van der Waals surface area contributed by atoms with Crippen molar-refractivity contribution in [2.45, 2.75) is 25.9 Å². The lowest BCUT2D eigenvalue weighted by atomic mass is 9.92. The Hall–Kier alpha value is -2.33. The highest BCUT2D eigenvalue weighted by atomic mass is 79.9. The minimum Gasteiger partial charge on any atom is -0.336 e. The highest BCUT2D eigenvalue weighted by Gasteiger charge is 2.50. The van der Waals surface area contributed by atoms with Crippen LogP contribution in [0.4, 0.5) is 13.6 Å². The van der Waals surface area contributed by atoms with Crippen molar-refractivity contribution in [2.24, 2.45) is 0 Å². The fourth-order valence-corrected chi connectivity index (χ4v) is 4.58. The van der Waals surface area contributed by atoms with Gasteiger partial charge < -0.3 is 10.2 Å². The number of carbonyl (C=O) groups excluding carboxylic acids is 3. The van der Waals surface area contributed by atoms with Crippen molar-refractivity contribution < 1.29 is 23.2 Å². The van der Waals surface area contributed by atoms with E-state index in [1.165, 1.54) is 29.2 Å². The van der Waals surface area contributed by atoms with Crippen molar-refractivity contribution in [1.29, 1.82) is 0 Å². The summed E-state index contributed by atoms with van der Waals surface area (Å²) in [4.78, 5) is 41.3. The smallest absolute Gasteiger partial charge is 0.325 e. The number of rotatable bonds is 6. The van der Waals surface area contributed by atoms with Crippen LogP contribution in [0, 0.1) is 11.6 Å². The van der Waals surface area contributed by atoms with Gasteiger partial charge in [0.25, 0.3) is 5.91 Å². The summed E-state index contributed by atoms with van der Waals surface area (Å²) in [5.74, 6) is -3.27. The van der Waals surface area contributed by atoms with Crippen LogP contribution in [0.5, 0.6) is 0 Å². The minimum absolute atomic E-state index is 0.0977. The van der Waals surface area contributed by atoms with Crippen molar-refractivity contribution >= 4 is 45.1 Å². The van der Waals surface area contributed by atoms with E-state index in [9.17, 15) is 23.2 Å².